The highest BCUT2D eigenvalue weighted by atomic mass is 35.5. The fraction of sp³-hybridized carbons (Fsp3) is 0.611. The Morgan fingerprint density at radius 3 is 2.15 bits per heavy atom. The number of piperazine rings is 1. The van der Waals surface area contributed by atoms with Crippen molar-refractivity contribution < 1.29 is 4.79 Å². The largest absolute Gasteiger partial charge is 0.353 e. The molecule has 1 saturated heterocycles. The number of carbonyl (C=O) groups excluding carboxylic acids is 1. The molecule has 1 fully saturated rings. The van der Waals surface area contributed by atoms with Gasteiger partial charge in [0.2, 0.25) is 5.91 Å². The molecule has 1 aliphatic heterocycles. The number of benzene rings is 1. The number of amides is 1. The van der Waals surface area contributed by atoms with Crippen LogP contribution in [-0.2, 0) is 4.79 Å². The van der Waals surface area contributed by atoms with Gasteiger partial charge in [0.25, 0.3) is 0 Å². The Labute approximate surface area is 176 Å². The molecular formula is C18H33Cl3N4O. The molecular weight excluding hydrogens is 395 g/mol. The van der Waals surface area contributed by atoms with Gasteiger partial charge in [-0.15, -0.1) is 37.2 Å². The first-order valence-corrected chi connectivity index (χ1v) is 8.57. The fourth-order valence-electron chi connectivity index (χ4n) is 2.93. The maximum atomic E-state index is 12.3. The highest BCUT2D eigenvalue weighted by Gasteiger charge is 2.22. The summed E-state index contributed by atoms with van der Waals surface area (Å²) in [5.74, 6) is -0.104. The standard InChI is InChI=1S/C18H30N4O.3ClH/c1-4-21-9-11-22(12-10-21)15(3)13-20-18(23)17(19)16-7-5-14(2)6-8-16;;;/h5-8,15,17H,4,9-13,19H2,1-3H3,(H,20,23);3*1H. The molecule has 2 atom stereocenters. The van der Waals surface area contributed by atoms with Gasteiger partial charge in [0.1, 0.15) is 6.04 Å². The highest BCUT2D eigenvalue weighted by molar-refractivity contribution is 5.86. The molecule has 0 aliphatic carbocycles. The molecule has 2 rings (SSSR count). The van der Waals surface area contributed by atoms with Gasteiger partial charge in [-0.3, -0.25) is 9.69 Å². The van der Waals surface area contributed by atoms with E-state index < -0.39 is 6.04 Å². The number of hydrogen-bond donors (Lipinski definition) is 2. The molecule has 26 heavy (non-hydrogen) atoms. The summed E-state index contributed by atoms with van der Waals surface area (Å²) in [4.78, 5) is 17.1. The van der Waals surface area contributed by atoms with Crippen molar-refractivity contribution in [3.8, 4) is 0 Å². The van der Waals surface area contributed by atoms with E-state index in [1.54, 1.807) is 0 Å². The molecule has 2 unspecified atom stereocenters. The molecule has 0 radical (unpaired) electrons. The number of nitrogens with two attached hydrogens (primary N) is 1. The number of aryl methyl sites for hydroxylation is 1. The SMILES string of the molecule is CCN1CCN(C(C)CNC(=O)C(N)c2ccc(C)cc2)CC1.Cl.Cl.Cl. The van der Waals surface area contributed by atoms with Crippen LogP contribution in [0.4, 0.5) is 0 Å². The fourth-order valence-corrected chi connectivity index (χ4v) is 2.93. The van der Waals surface area contributed by atoms with E-state index in [1.165, 1.54) is 5.56 Å². The number of hydrogen-bond acceptors (Lipinski definition) is 4. The first kappa shape index (κ1) is 27.7. The summed E-state index contributed by atoms with van der Waals surface area (Å²) >= 11 is 0. The number of nitrogens with zero attached hydrogens (tertiary/aromatic N) is 2. The lowest BCUT2D eigenvalue weighted by molar-refractivity contribution is -0.122. The van der Waals surface area contributed by atoms with E-state index in [0.29, 0.717) is 12.6 Å². The minimum atomic E-state index is -0.597. The minimum absolute atomic E-state index is 0. The Bertz CT molecular complexity index is 508. The number of rotatable bonds is 6. The minimum Gasteiger partial charge on any atom is -0.353 e. The highest BCUT2D eigenvalue weighted by Crippen LogP contribution is 2.12. The summed E-state index contributed by atoms with van der Waals surface area (Å²) in [5.41, 5.74) is 8.08. The van der Waals surface area contributed by atoms with Crippen molar-refractivity contribution in [2.24, 2.45) is 5.73 Å². The third-order valence-corrected chi connectivity index (χ3v) is 4.77. The van der Waals surface area contributed by atoms with Crippen LogP contribution in [0.15, 0.2) is 24.3 Å². The molecule has 0 aromatic heterocycles. The maximum Gasteiger partial charge on any atom is 0.241 e. The molecule has 0 saturated carbocycles. The molecule has 1 heterocycles. The van der Waals surface area contributed by atoms with E-state index in [1.807, 2.05) is 31.2 Å². The quantitative estimate of drug-likeness (QED) is 0.732. The Kier molecular flexibility index (Phi) is 14.5. The first-order chi connectivity index (χ1) is 11.0. The van der Waals surface area contributed by atoms with Crippen molar-refractivity contribution in [3.05, 3.63) is 35.4 Å². The number of likely N-dealkylation sites (N-methyl/N-ethyl adjacent to an activating group) is 1. The number of carbonyl (C=O) groups is 1. The van der Waals surface area contributed by atoms with Gasteiger partial charge in [-0.05, 0) is 26.0 Å². The Morgan fingerprint density at radius 1 is 1.12 bits per heavy atom. The molecule has 0 bridgehead atoms. The smallest absolute Gasteiger partial charge is 0.241 e. The monoisotopic (exact) mass is 426 g/mol. The van der Waals surface area contributed by atoms with Crippen LogP contribution in [0.1, 0.15) is 31.0 Å². The molecule has 0 spiro atoms. The van der Waals surface area contributed by atoms with E-state index in [4.69, 9.17) is 5.73 Å². The zero-order chi connectivity index (χ0) is 16.8. The first-order valence-electron chi connectivity index (χ1n) is 8.57. The van der Waals surface area contributed by atoms with E-state index in [9.17, 15) is 4.79 Å². The molecule has 5 nitrogen and oxygen atoms in total. The topological polar surface area (TPSA) is 61.6 Å². The lowest BCUT2D eigenvalue weighted by Crippen LogP contribution is -2.52. The zero-order valence-electron chi connectivity index (χ0n) is 15.8. The van der Waals surface area contributed by atoms with E-state index >= 15 is 0 Å². The van der Waals surface area contributed by atoms with Crippen molar-refractivity contribution in [2.75, 3.05) is 39.3 Å². The van der Waals surface area contributed by atoms with E-state index in [-0.39, 0.29) is 43.1 Å². The summed E-state index contributed by atoms with van der Waals surface area (Å²) in [7, 11) is 0. The van der Waals surface area contributed by atoms with Crippen molar-refractivity contribution in [1.82, 2.24) is 15.1 Å². The van der Waals surface area contributed by atoms with Crippen LogP contribution in [0.25, 0.3) is 0 Å². The van der Waals surface area contributed by atoms with Crippen molar-refractivity contribution in [3.63, 3.8) is 0 Å². The van der Waals surface area contributed by atoms with Crippen LogP contribution in [-0.4, -0.2) is 61.0 Å². The van der Waals surface area contributed by atoms with Crippen LogP contribution >= 0.6 is 37.2 Å². The molecule has 3 N–H and O–H groups in total. The maximum absolute atomic E-state index is 12.3. The molecule has 8 heteroatoms. The summed E-state index contributed by atoms with van der Waals surface area (Å²) in [6.45, 7) is 12.5. The lowest BCUT2D eigenvalue weighted by Gasteiger charge is -2.37. The Morgan fingerprint density at radius 2 is 1.65 bits per heavy atom. The predicted octanol–water partition coefficient (Wildman–Crippen LogP) is 2.40. The molecule has 1 aliphatic rings. The molecule has 152 valence electrons. The van der Waals surface area contributed by atoms with Gasteiger partial charge >= 0.3 is 0 Å². The van der Waals surface area contributed by atoms with Gasteiger partial charge in [-0.2, -0.15) is 0 Å². The summed E-state index contributed by atoms with van der Waals surface area (Å²) in [6, 6.07) is 7.55. The number of nitrogens with one attached hydrogen (secondary N) is 1. The zero-order valence-corrected chi connectivity index (χ0v) is 18.3. The van der Waals surface area contributed by atoms with E-state index in [2.05, 4.69) is 29.0 Å². The van der Waals surface area contributed by atoms with Crippen LogP contribution in [0, 0.1) is 6.92 Å². The normalized spacial score (nSPS) is 17.1. The Hall–Kier alpha value is -0.560. The third-order valence-electron chi connectivity index (χ3n) is 4.77. The van der Waals surface area contributed by atoms with Crippen molar-refractivity contribution in [1.29, 1.82) is 0 Å². The predicted molar refractivity (Wildman–Crippen MR) is 116 cm³/mol. The van der Waals surface area contributed by atoms with E-state index in [0.717, 1.165) is 38.3 Å². The summed E-state index contributed by atoms with van der Waals surface area (Å²) < 4.78 is 0. The average Bonchev–Trinajstić information content (AvgIpc) is 2.59. The van der Waals surface area contributed by atoms with Gasteiger partial charge in [0, 0.05) is 38.8 Å². The number of halogens is 3. The Balaban J connectivity index is 0. The van der Waals surface area contributed by atoms with Crippen LogP contribution in [0.3, 0.4) is 0 Å². The summed E-state index contributed by atoms with van der Waals surface area (Å²) in [6.07, 6.45) is 0. The van der Waals surface area contributed by atoms with Crippen LogP contribution in [0.5, 0.6) is 0 Å². The van der Waals surface area contributed by atoms with Crippen LogP contribution < -0.4 is 11.1 Å². The van der Waals surface area contributed by atoms with Crippen LogP contribution in [0.2, 0.25) is 0 Å². The van der Waals surface area contributed by atoms with Gasteiger partial charge in [-0.1, -0.05) is 36.8 Å². The lowest BCUT2D eigenvalue weighted by atomic mass is 10.1. The average molecular weight is 428 g/mol. The summed E-state index contributed by atoms with van der Waals surface area (Å²) in [5, 5.41) is 3.00. The van der Waals surface area contributed by atoms with Gasteiger partial charge < -0.3 is 16.0 Å². The van der Waals surface area contributed by atoms with Crippen molar-refractivity contribution in [2.45, 2.75) is 32.9 Å². The second-order valence-electron chi connectivity index (χ2n) is 6.45. The molecule has 1 aromatic carbocycles. The van der Waals surface area contributed by atoms with Gasteiger partial charge in [-0.25, -0.2) is 0 Å². The second kappa shape index (κ2) is 13.6. The second-order valence-corrected chi connectivity index (χ2v) is 6.45. The van der Waals surface area contributed by atoms with Gasteiger partial charge in [0.05, 0.1) is 0 Å². The van der Waals surface area contributed by atoms with Crippen molar-refractivity contribution >= 4 is 43.1 Å². The molecule has 1 aromatic rings. The molecule has 1 amide bonds. The van der Waals surface area contributed by atoms with Gasteiger partial charge in [0.15, 0.2) is 0 Å². The third kappa shape index (κ3) is 7.99.